The Hall–Kier alpha value is -2.76. The Morgan fingerprint density at radius 3 is 1.13 bits per heavy atom. The topological polar surface area (TPSA) is 52.6 Å². The van der Waals surface area contributed by atoms with Crippen molar-refractivity contribution in [3.05, 3.63) is 128 Å². The highest BCUT2D eigenvalue weighted by Gasteiger charge is 2.29. The smallest absolute Gasteiger partial charge is 0.338 e. The number of benzene rings is 4. The van der Waals surface area contributed by atoms with E-state index in [1.54, 1.807) is 24.3 Å². The molecule has 0 spiro atoms. The van der Waals surface area contributed by atoms with Crippen LogP contribution >= 0.6 is 70.0 Å². The fourth-order valence-electron chi connectivity index (χ4n) is 4.94. The van der Waals surface area contributed by atoms with Gasteiger partial charge in [0, 0.05) is 22.6 Å². The van der Waals surface area contributed by atoms with Gasteiger partial charge in [0.1, 0.15) is 13.2 Å². The summed E-state index contributed by atoms with van der Waals surface area (Å²) in [6.45, 7) is 0.190. The number of hydrogen-bond donors (Lipinski definition) is 2. The number of rotatable bonds is 17. The summed E-state index contributed by atoms with van der Waals surface area (Å²) >= 11 is 19.0. The first-order chi connectivity index (χ1) is 25.6. The Kier molecular flexibility index (Phi) is 16.6. The molecule has 0 heterocycles. The van der Waals surface area contributed by atoms with Crippen molar-refractivity contribution in [1.29, 1.82) is 0 Å². The predicted molar refractivity (Wildman–Crippen MR) is 199 cm³/mol. The standard InChI is InChI=1S/C36H28Cl2F8O4S4/c37-21(23-25(39)29(43)33(51)30(44)26(23)40)11-5-17-1-7-19(8-2-17)35(47)49-13-15-53-54-16-14-50-36(48)20-9-3-18(4-10-20)6-12-22(38)24-27(41)31(45)34(52)32(46)28(24)42/h1-4,7-10,21-22,51-52H,5-6,11-16H2. The molecule has 0 aliphatic heterocycles. The van der Waals surface area contributed by atoms with Gasteiger partial charge in [-0.3, -0.25) is 0 Å². The zero-order chi connectivity index (χ0) is 39.7. The van der Waals surface area contributed by atoms with E-state index in [2.05, 4.69) is 25.3 Å². The van der Waals surface area contributed by atoms with E-state index in [9.17, 15) is 44.7 Å². The van der Waals surface area contributed by atoms with Crippen LogP contribution in [0.25, 0.3) is 0 Å². The third-order valence-corrected chi connectivity index (χ3v) is 11.8. The molecule has 0 aliphatic rings. The summed E-state index contributed by atoms with van der Waals surface area (Å²) in [5, 5.41) is -2.73. The first kappa shape index (κ1) is 44.0. The molecule has 2 unspecified atom stereocenters. The summed E-state index contributed by atoms with van der Waals surface area (Å²) < 4.78 is 123. The number of hydrogen-bond acceptors (Lipinski definition) is 8. The number of carbonyl (C=O) groups is 2. The lowest BCUT2D eigenvalue weighted by molar-refractivity contribution is 0.0520. The summed E-state index contributed by atoms with van der Waals surface area (Å²) in [5.74, 6) is -13.2. The van der Waals surface area contributed by atoms with E-state index in [-0.39, 0.29) is 50.0 Å². The molecular weight excluding hydrogens is 848 g/mol. The first-order valence-electron chi connectivity index (χ1n) is 15.8. The van der Waals surface area contributed by atoms with Crippen LogP contribution in [0, 0.1) is 46.5 Å². The van der Waals surface area contributed by atoms with Crippen LogP contribution in [0.15, 0.2) is 58.3 Å². The summed E-state index contributed by atoms with van der Waals surface area (Å²) in [4.78, 5) is 22.6. The van der Waals surface area contributed by atoms with Gasteiger partial charge in [0.05, 0.1) is 31.7 Å². The molecule has 0 saturated heterocycles. The molecule has 4 aromatic rings. The molecule has 0 radical (unpaired) electrons. The predicted octanol–water partition coefficient (Wildman–Crippen LogP) is 11.6. The summed E-state index contributed by atoms with van der Waals surface area (Å²) in [7, 11) is 2.78. The highest BCUT2D eigenvalue weighted by molar-refractivity contribution is 8.76. The fourth-order valence-corrected chi connectivity index (χ4v) is 7.58. The molecule has 0 saturated carbocycles. The van der Waals surface area contributed by atoms with Gasteiger partial charge in [-0.25, -0.2) is 44.7 Å². The lowest BCUT2D eigenvalue weighted by Crippen LogP contribution is -2.09. The molecule has 0 N–H and O–H groups in total. The zero-order valence-corrected chi connectivity index (χ0v) is 32.5. The molecule has 4 rings (SSSR count). The van der Waals surface area contributed by atoms with Crippen LogP contribution in [-0.2, 0) is 22.3 Å². The van der Waals surface area contributed by atoms with Gasteiger partial charge in [0.15, 0.2) is 46.5 Å². The number of carbonyl (C=O) groups excluding carboxylic acids is 2. The van der Waals surface area contributed by atoms with E-state index < -0.39 is 90.1 Å². The van der Waals surface area contributed by atoms with Crippen molar-refractivity contribution in [3.63, 3.8) is 0 Å². The number of alkyl halides is 2. The van der Waals surface area contributed by atoms with Crippen molar-refractivity contribution in [2.75, 3.05) is 24.7 Å². The van der Waals surface area contributed by atoms with E-state index in [4.69, 9.17) is 32.7 Å². The molecular formula is C36H28Cl2F8O4S4. The van der Waals surface area contributed by atoms with Gasteiger partial charge in [-0.2, -0.15) is 0 Å². The largest absolute Gasteiger partial charge is 0.461 e. The molecule has 4 nitrogen and oxygen atoms in total. The van der Waals surface area contributed by atoms with Crippen molar-refractivity contribution >= 4 is 82.0 Å². The Bertz CT molecular complexity index is 1780. The minimum Gasteiger partial charge on any atom is -0.461 e. The Morgan fingerprint density at radius 2 is 0.833 bits per heavy atom. The normalized spacial score (nSPS) is 12.4. The lowest BCUT2D eigenvalue weighted by Gasteiger charge is -2.14. The van der Waals surface area contributed by atoms with Crippen LogP contribution in [0.4, 0.5) is 35.1 Å². The van der Waals surface area contributed by atoms with Gasteiger partial charge in [0.2, 0.25) is 0 Å². The van der Waals surface area contributed by atoms with E-state index in [0.717, 1.165) is 0 Å². The molecule has 0 fully saturated rings. The second kappa shape index (κ2) is 20.4. The molecule has 0 aliphatic carbocycles. The fraction of sp³-hybridized carbons (Fsp3) is 0.278. The SMILES string of the molecule is O=C(OCCSSCCOC(=O)c1ccc(CCC(Cl)c2c(F)c(F)c(S)c(F)c2F)cc1)c1ccc(CCC(Cl)c2c(F)c(F)c(S)c(F)c2F)cc1. The maximum atomic E-state index is 14.2. The molecule has 0 amide bonds. The minimum absolute atomic E-state index is 0.0538. The van der Waals surface area contributed by atoms with Gasteiger partial charge in [-0.05, 0) is 61.1 Å². The first-order valence-corrected chi connectivity index (χ1v) is 20.0. The summed E-state index contributed by atoms with van der Waals surface area (Å²) in [6.07, 6.45) is 0.275. The van der Waals surface area contributed by atoms with Gasteiger partial charge in [-0.15, -0.1) is 48.5 Å². The second-order valence-corrected chi connectivity index (χ2v) is 16.0. The summed E-state index contributed by atoms with van der Waals surface area (Å²) in [5.41, 5.74) is -0.0150. The monoisotopic (exact) mass is 874 g/mol. The number of halogens is 10. The minimum atomic E-state index is -1.63. The third-order valence-electron chi connectivity index (χ3n) is 7.81. The number of aryl methyl sites for hydroxylation is 2. The average molecular weight is 876 g/mol. The molecule has 4 aromatic carbocycles. The van der Waals surface area contributed by atoms with E-state index >= 15 is 0 Å². The molecule has 54 heavy (non-hydrogen) atoms. The Morgan fingerprint density at radius 1 is 0.537 bits per heavy atom. The molecule has 18 heteroatoms. The van der Waals surface area contributed by atoms with Crippen molar-refractivity contribution in [3.8, 4) is 0 Å². The number of ether oxygens (including phenoxy) is 2. The van der Waals surface area contributed by atoms with Gasteiger partial charge in [-0.1, -0.05) is 45.9 Å². The summed E-state index contributed by atoms with van der Waals surface area (Å²) in [6, 6.07) is 12.4. The molecule has 290 valence electrons. The van der Waals surface area contributed by atoms with Crippen molar-refractivity contribution in [2.45, 2.75) is 46.2 Å². The molecule has 2 atom stereocenters. The van der Waals surface area contributed by atoms with Crippen LogP contribution in [0.2, 0.25) is 0 Å². The van der Waals surface area contributed by atoms with E-state index in [1.165, 1.54) is 45.9 Å². The Balaban J connectivity index is 1.10. The highest BCUT2D eigenvalue weighted by atomic mass is 35.5. The second-order valence-electron chi connectivity index (χ2n) is 11.4. The third kappa shape index (κ3) is 11.0. The van der Waals surface area contributed by atoms with Crippen molar-refractivity contribution in [2.24, 2.45) is 0 Å². The number of esters is 2. The average Bonchev–Trinajstić information content (AvgIpc) is 3.17. The zero-order valence-electron chi connectivity index (χ0n) is 27.6. The number of thiol groups is 2. The maximum Gasteiger partial charge on any atom is 0.338 e. The van der Waals surface area contributed by atoms with Crippen LogP contribution in [0.5, 0.6) is 0 Å². The lowest BCUT2D eigenvalue weighted by atomic mass is 10.0. The van der Waals surface area contributed by atoms with Crippen molar-refractivity contribution < 1.29 is 54.2 Å². The highest BCUT2D eigenvalue weighted by Crippen LogP contribution is 2.37. The van der Waals surface area contributed by atoms with Crippen LogP contribution < -0.4 is 0 Å². The van der Waals surface area contributed by atoms with Crippen LogP contribution in [0.3, 0.4) is 0 Å². The molecule has 0 bridgehead atoms. The maximum absolute atomic E-state index is 14.2. The van der Waals surface area contributed by atoms with Gasteiger partial charge in [0.25, 0.3) is 0 Å². The van der Waals surface area contributed by atoms with Crippen LogP contribution in [0.1, 0.15) is 66.6 Å². The van der Waals surface area contributed by atoms with Crippen LogP contribution in [-0.4, -0.2) is 36.7 Å². The van der Waals surface area contributed by atoms with Gasteiger partial charge >= 0.3 is 11.9 Å². The van der Waals surface area contributed by atoms with Gasteiger partial charge < -0.3 is 9.47 Å². The Labute approximate surface area is 333 Å². The van der Waals surface area contributed by atoms with E-state index in [1.807, 2.05) is 0 Å². The quantitative estimate of drug-likeness (QED) is 0.0210. The van der Waals surface area contributed by atoms with Crippen molar-refractivity contribution in [1.82, 2.24) is 0 Å². The molecule has 0 aromatic heterocycles. The van der Waals surface area contributed by atoms with E-state index in [0.29, 0.717) is 22.6 Å².